The number of amides is 3. The number of primary amides is 1. The van der Waals surface area contributed by atoms with Gasteiger partial charge in [0.15, 0.2) is 0 Å². The van der Waals surface area contributed by atoms with E-state index in [1.165, 1.54) is 13.8 Å². The Morgan fingerprint density at radius 3 is 2.25 bits per heavy atom. The molecule has 3 amide bonds. The van der Waals surface area contributed by atoms with Crippen LogP contribution in [-0.2, 0) is 9.59 Å². The van der Waals surface area contributed by atoms with Crippen LogP contribution in [0.5, 0.6) is 0 Å². The van der Waals surface area contributed by atoms with E-state index in [4.69, 9.17) is 10.8 Å². The number of carboxylic acids is 1. The fourth-order valence-electron chi connectivity index (χ4n) is 0.918. The molecule has 1 unspecified atom stereocenters. The van der Waals surface area contributed by atoms with Crippen LogP contribution < -0.4 is 16.4 Å². The van der Waals surface area contributed by atoms with Crippen LogP contribution in [-0.4, -0.2) is 34.6 Å². The van der Waals surface area contributed by atoms with Gasteiger partial charge in [-0.2, -0.15) is 0 Å². The number of nitrogens with one attached hydrogen (secondary N) is 2. The van der Waals surface area contributed by atoms with E-state index in [0.29, 0.717) is 0 Å². The highest BCUT2D eigenvalue weighted by atomic mass is 16.4. The molecule has 5 N–H and O–H groups in total. The SMILES string of the molecule is CC(CC(=O)O)NC(=O)NC(C)(C)C(N)=O. The van der Waals surface area contributed by atoms with Crippen molar-refractivity contribution in [1.82, 2.24) is 10.6 Å². The molecule has 0 heterocycles. The molecule has 0 aliphatic rings. The Morgan fingerprint density at radius 1 is 1.38 bits per heavy atom. The summed E-state index contributed by atoms with van der Waals surface area (Å²) in [6.07, 6.45) is -0.190. The topological polar surface area (TPSA) is 122 Å². The van der Waals surface area contributed by atoms with Crippen LogP contribution in [0.15, 0.2) is 0 Å². The molecule has 92 valence electrons. The summed E-state index contributed by atoms with van der Waals surface area (Å²) in [5, 5.41) is 13.2. The number of aliphatic carboxylic acids is 1. The first-order valence-electron chi connectivity index (χ1n) is 4.75. The Kier molecular flexibility index (Phi) is 4.74. The zero-order valence-corrected chi connectivity index (χ0v) is 9.53. The molecule has 0 saturated carbocycles. The fourth-order valence-corrected chi connectivity index (χ4v) is 0.918. The second-order valence-electron chi connectivity index (χ2n) is 4.09. The lowest BCUT2D eigenvalue weighted by Gasteiger charge is -2.23. The van der Waals surface area contributed by atoms with Crippen molar-refractivity contribution in [2.24, 2.45) is 5.73 Å². The van der Waals surface area contributed by atoms with Crippen LogP contribution in [0.1, 0.15) is 27.2 Å². The minimum atomic E-state index is -1.17. The normalized spacial score (nSPS) is 12.7. The molecule has 0 aromatic heterocycles. The van der Waals surface area contributed by atoms with Crippen LogP contribution in [0.2, 0.25) is 0 Å². The maximum absolute atomic E-state index is 11.3. The number of hydrogen-bond acceptors (Lipinski definition) is 3. The number of carbonyl (C=O) groups excluding carboxylic acids is 2. The minimum absolute atomic E-state index is 0.190. The summed E-state index contributed by atoms with van der Waals surface area (Å²) in [6.45, 7) is 4.46. The Bertz CT molecular complexity index is 301. The molecule has 0 spiro atoms. The molecule has 0 fully saturated rings. The molecule has 0 aliphatic heterocycles. The van der Waals surface area contributed by atoms with Gasteiger partial charge in [0.1, 0.15) is 5.54 Å². The smallest absolute Gasteiger partial charge is 0.315 e. The largest absolute Gasteiger partial charge is 0.481 e. The average molecular weight is 231 g/mol. The van der Waals surface area contributed by atoms with Gasteiger partial charge in [0.25, 0.3) is 0 Å². The van der Waals surface area contributed by atoms with Gasteiger partial charge in [0.2, 0.25) is 5.91 Å². The van der Waals surface area contributed by atoms with Crippen molar-refractivity contribution in [2.45, 2.75) is 38.8 Å². The Hall–Kier alpha value is -1.79. The van der Waals surface area contributed by atoms with E-state index in [-0.39, 0.29) is 6.42 Å². The third-order valence-electron chi connectivity index (χ3n) is 1.90. The molecule has 1 atom stereocenters. The first-order chi connectivity index (χ1) is 7.15. The number of carboxylic acid groups (broad SMARTS) is 1. The fraction of sp³-hybridized carbons (Fsp3) is 0.667. The highest BCUT2D eigenvalue weighted by Gasteiger charge is 2.27. The lowest BCUT2D eigenvalue weighted by molar-refractivity contribution is -0.137. The molecule has 16 heavy (non-hydrogen) atoms. The van der Waals surface area contributed by atoms with Crippen LogP contribution in [0.3, 0.4) is 0 Å². The number of nitrogens with two attached hydrogens (primary N) is 1. The van der Waals surface area contributed by atoms with Crippen LogP contribution in [0.4, 0.5) is 4.79 Å². The second kappa shape index (κ2) is 5.34. The molecular weight excluding hydrogens is 214 g/mol. The lowest BCUT2D eigenvalue weighted by atomic mass is 10.1. The third-order valence-corrected chi connectivity index (χ3v) is 1.90. The van der Waals surface area contributed by atoms with Gasteiger partial charge in [-0.05, 0) is 20.8 Å². The van der Waals surface area contributed by atoms with Gasteiger partial charge in [-0.1, -0.05) is 0 Å². The molecule has 7 heteroatoms. The Balaban J connectivity index is 4.19. The van der Waals surface area contributed by atoms with Gasteiger partial charge in [-0.15, -0.1) is 0 Å². The maximum Gasteiger partial charge on any atom is 0.315 e. The van der Waals surface area contributed by atoms with E-state index in [0.717, 1.165) is 0 Å². The Labute approximate surface area is 93.4 Å². The lowest BCUT2D eigenvalue weighted by Crippen LogP contribution is -2.56. The van der Waals surface area contributed by atoms with Crippen molar-refractivity contribution in [1.29, 1.82) is 0 Å². The van der Waals surface area contributed by atoms with Gasteiger partial charge in [-0.25, -0.2) is 4.79 Å². The summed E-state index contributed by atoms with van der Waals surface area (Å²) in [6, 6.07) is -1.15. The summed E-state index contributed by atoms with van der Waals surface area (Å²) < 4.78 is 0. The summed E-state index contributed by atoms with van der Waals surface area (Å²) in [5.74, 6) is -1.68. The zero-order valence-electron chi connectivity index (χ0n) is 9.53. The van der Waals surface area contributed by atoms with Gasteiger partial charge in [0, 0.05) is 6.04 Å². The van der Waals surface area contributed by atoms with Crippen molar-refractivity contribution in [3.05, 3.63) is 0 Å². The highest BCUT2D eigenvalue weighted by Crippen LogP contribution is 2.00. The van der Waals surface area contributed by atoms with Gasteiger partial charge in [-0.3, -0.25) is 9.59 Å². The van der Waals surface area contributed by atoms with Gasteiger partial charge >= 0.3 is 12.0 Å². The van der Waals surface area contributed by atoms with Crippen molar-refractivity contribution in [3.8, 4) is 0 Å². The summed E-state index contributed by atoms with van der Waals surface area (Å²) >= 11 is 0. The van der Waals surface area contributed by atoms with Crippen LogP contribution in [0, 0.1) is 0 Å². The molecule has 7 nitrogen and oxygen atoms in total. The monoisotopic (exact) mass is 231 g/mol. The maximum atomic E-state index is 11.3. The molecule has 0 saturated heterocycles. The molecule has 0 aromatic rings. The number of urea groups is 1. The molecule has 0 radical (unpaired) electrons. The van der Waals surface area contributed by atoms with Crippen molar-refractivity contribution >= 4 is 17.9 Å². The van der Waals surface area contributed by atoms with Gasteiger partial charge < -0.3 is 21.5 Å². The quantitative estimate of drug-likeness (QED) is 0.505. The highest BCUT2D eigenvalue weighted by molar-refractivity contribution is 5.89. The van der Waals surface area contributed by atoms with Crippen molar-refractivity contribution < 1.29 is 19.5 Å². The minimum Gasteiger partial charge on any atom is -0.481 e. The van der Waals surface area contributed by atoms with E-state index in [1.807, 2.05) is 0 Å². The average Bonchev–Trinajstić information content (AvgIpc) is 1.99. The first kappa shape index (κ1) is 14.2. The molecular formula is C9H17N3O4. The molecule has 0 aromatic carbocycles. The summed E-state index contributed by atoms with van der Waals surface area (Å²) in [7, 11) is 0. The summed E-state index contributed by atoms with van der Waals surface area (Å²) in [5.41, 5.74) is 3.88. The Morgan fingerprint density at radius 2 is 1.88 bits per heavy atom. The third kappa shape index (κ3) is 5.18. The second-order valence-corrected chi connectivity index (χ2v) is 4.09. The van der Waals surface area contributed by atoms with Gasteiger partial charge in [0.05, 0.1) is 6.42 Å². The van der Waals surface area contributed by atoms with E-state index in [9.17, 15) is 14.4 Å². The summed E-state index contributed by atoms with van der Waals surface area (Å²) in [4.78, 5) is 32.6. The number of hydrogen-bond donors (Lipinski definition) is 4. The predicted molar refractivity (Wildman–Crippen MR) is 56.7 cm³/mol. The van der Waals surface area contributed by atoms with E-state index in [1.54, 1.807) is 6.92 Å². The molecule has 0 bridgehead atoms. The van der Waals surface area contributed by atoms with E-state index < -0.39 is 29.5 Å². The predicted octanol–water partition coefficient (Wildman–Crippen LogP) is -0.587. The molecule has 0 rings (SSSR count). The standard InChI is InChI=1S/C9H17N3O4/c1-5(4-6(13)14)11-8(16)12-9(2,3)7(10)15/h5H,4H2,1-3H3,(H2,10,15)(H,13,14)(H2,11,12,16). The first-order valence-corrected chi connectivity index (χ1v) is 4.75. The van der Waals surface area contributed by atoms with Crippen molar-refractivity contribution in [2.75, 3.05) is 0 Å². The number of rotatable bonds is 5. The van der Waals surface area contributed by atoms with Crippen LogP contribution >= 0.6 is 0 Å². The van der Waals surface area contributed by atoms with Crippen LogP contribution in [0.25, 0.3) is 0 Å². The number of carbonyl (C=O) groups is 3. The zero-order chi connectivity index (χ0) is 12.9. The molecule has 0 aliphatic carbocycles. The van der Waals surface area contributed by atoms with E-state index >= 15 is 0 Å². The van der Waals surface area contributed by atoms with E-state index in [2.05, 4.69) is 10.6 Å². The van der Waals surface area contributed by atoms with Crippen molar-refractivity contribution in [3.63, 3.8) is 0 Å².